The highest BCUT2D eigenvalue weighted by Gasteiger charge is 2.38. The second-order valence-electron chi connectivity index (χ2n) is 5.17. The minimum Gasteiger partial charge on any atom is -0.481 e. The maximum absolute atomic E-state index is 12.6. The lowest BCUT2D eigenvalue weighted by atomic mass is 10.0. The van der Waals surface area contributed by atoms with Gasteiger partial charge in [-0.1, -0.05) is 18.2 Å². The van der Waals surface area contributed by atoms with Crippen molar-refractivity contribution in [3.8, 4) is 0 Å². The third kappa shape index (κ3) is 2.67. The molecule has 0 radical (unpaired) electrons. The molecule has 2 unspecified atom stereocenters. The molecule has 5 nitrogen and oxygen atoms in total. The molecule has 108 valence electrons. The number of hydrogen-bond donors (Lipinski definition) is 2. The highest BCUT2D eigenvalue weighted by Crippen LogP contribution is 2.26. The van der Waals surface area contributed by atoms with Gasteiger partial charge in [0.2, 0.25) is 0 Å². The summed E-state index contributed by atoms with van der Waals surface area (Å²) in [4.78, 5) is 25.4. The molecule has 20 heavy (non-hydrogen) atoms. The zero-order valence-electron chi connectivity index (χ0n) is 11.6. The van der Waals surface area contributed by atoms with Gasteiger partial charge in [0.25, 0.3) is 5.91 Å². The number of benzene rings is 1. The molecule has 0 aromatic heterocycles. The molecule has 2 atom stereocenters. The van der Waals surface area contributed by atoms with E-state index in [0.29, 0.717) is 31.5 Å². The van der Waals surface area contributed by atoms with Crippen LogP contribution in [0.3, 0.4) is 0 Å². The molecule has 0 bridgehead atoms. The monoisotopic (exact) mass is 276 g/mol. The van der Waals surface area contributed by atoms with Crippen LogP contribution >= 0.6 is 0 Å². The summed E-state index contributed by atoms with van der Waals surface area (Å²) < 4.78 is 0. The molecule has 1 heterocycles. The normalized spacial score (nSPS) is 22.0. The van der Waals surface area contributed by atoms with Crippen LogP contribution in [0.1, 0.15) is 29.3 Å². The Kier molecular flexibility index (Phi) is 4.39. The standard InChI is InChI=1S/C15H20N2O3/c1-10-12(15(19)20)7-9-17(10)14(18)13-5-3-2-4-11(13)6-8-16/h2-5,10,12H,6-9,16H2,1H3,(H,19,20). The summed E-state index contributed by atoms with van der Waals surface area (Å²) in [5.74, 6) is -1.39. The van der Waals surface area contributed by atoms with Gasteiger partial charge in [0.15, 0.2) is 0 Å². The van der Waals surface area contributed by atoms with Crippen LogP contribution in [0.5, 0.6) is 0 Å². The van der Waals surface area contributed by atoms with E-state index < -0.39 is 11.9 Å². The predicted molar refractivity (Wildman–Crippen MR) is 75.4 cm³/mol. The van der Waals surface area contributed by atoms with E-state index in [0.717, 1.165) is 5.56 Å². The van der Waals surface area contributed by atoms with Gasteiger partial charge in [0, 0.05) is 18.2 Å². The van der Waals surface area contributed by atoms with Crippen molar-refractivity contribution in [2.24, 2.45) is 11.7 Å². The van der Waals surface area contributed by atoms with Crippen LogP contribution in [0, 0.1) is 5.92 Å². The summed E-state index contributed by atoms with van der Waals surface area (Å²) in [5.41, 5.74) is 7.13. The van der Waals surface area contributed by atoms with E-state index >= 15 is 0 Å². The van der Waals surface area contributed by atoms with E-state index in [1.54, 1.807) is 17.9 Å². The number of nitrogens with zero attached hydrogens (tertiary/aromatic N) is 1. The molecule has 2 rings (SSSR count). The van der Waals surface area contributed by atoms with Crippen molar-refractivity contribution in [3.63, 3.8) is 0 Å². The molecule has 1 aliphatic heterocycles. The smallest absolute Gasteiger partial charge is 0.308 e. The molecule has 1 fully saturated rings. The Morgan fingerprint density at radius 1 is 1.40 bits per heavy atom. The van der Waals surface area contributed by atoms with Gasteiger partial charge in [-0.2, -0.15) is 0 Å². The Labute approximate surface area is 118 Å². The molecule has 0 saturated carbocycles. The zero-order valence-corrected chi connectivity index (χ0v) is 11.6. The molecule has 1 aromatic rings. The molecule has 1 amide bonds. The van der Waals surface area contributed by atoms with Crippen molar-refractivity contribution < 1.29 is 14.7 Å². The Hall–Kier alpha value is -1.88. The molecule has 0 aliphatic carbocycles. The number of likely N-dealkylation sites (tertiary alicyclic amines) is 1. The fourth-order valence-electron chi connectivity index (χ4n) is 2.81. The van der Waals surface area contributed by atoms with Crippen molar-refractivity contribution in [3.05, 3.63) is 35.4 Å². The number of aliphatic carboxylic acids is 1. The van der Waals surface area contributed by atoms with Crippen LogP contribution in [0.15, 0.2) is 24.3 Å². The van der Waals surface area contributed by atoms with Crippen molar-refractivity contribution >= 4 is 11.9 Å². The molecular formula is C15H20N2O3. The SMILES string of the molecule is CC1C(C(=O)O)CCN1C(=O)c1ccccc1CCN. The van der Waals surface area contributed by atoms with E-state index in [2.05, 4.69) is 0 Å². The van der Waals surface area contributed by atoms with E-state index in [1.807, 2.05) is 18.2 Å². The lowest BCUT2D eigenvalue weighted by molar-refractivity contribution is -0.142. The summed E-state index contributed by atoms with van der Waals surface area (Å²) in [6.45, 7) is 2.78. The molecule has 5 heteroatoms. The lowest BCUT2D eigenvalue weighted by Gasteiger charge is -2.24. The Balaban J connectivity index is 2.22. The molecule has 3 N–H and O–H groups in total. The van der Waals surface area contributed by atoms with Gasteiger partial charge in [-0.15, -0.1) is 0 Å². The predicted octanol–water partition coefficient (Wildman–Crippen LogP) is 1.12. The third-order valence-corrected chi connectivity index (χ3v) is 3.99. The van der Waals surface area contributed by atoms with Gasteiger partial charge in [-0.05, 0) is 37.9 Å². The first-order valence-electron chi connectivity index (χ1n) is 6.88. The number of rotatable bonds is 4. The van der Waals surface area contributed by atoms with E-state index in [4.69, 9.17) is 10.8 Å². The van der Waals surface area contributed by atoms with Crippen LogP contribution < -0.4 is 5.73 Å². The number of carbonyl (C=O) groups excluding carboxylic acids is 1. The maximum Gasteiger partial charge on any atom is 0.308 e. The topological polar surface area (TPSA) is 83.6 Å². The number of hydrogen-bond acceptors (Lipinski definition) is 3. The van der Waals surface area contributed by atoms with Crippen LogP contribution in [0.4, 0.5) is 0 Å². The number of nitrogens with two attached hydrogens (primary N) is 1. The summed E-state index contributed by atoms with van der Waals surface area (Å²) in [6, 6.07) is 7.12. The highest BCUT2D eigenvalue weighted by molar-refractivity contribution is 5.96. The summed E-state index contributed by atoms with van der Waals surface area (Å²) in [6.07, 6.45) is 1.16. The molecule has 1 aromatic carbocycles. The van der Waals surface area contributed by atoms with Crippen molar-refractivity contribution in [1.82, 2.24) is 4.90 Å². The minimum absolute atomic E-state index is 0.0923. The second-order valence-corrected chi connectivity index (χ2v) is 5.17. The quantitative estimate of drug-likeness (QED) is 0.863. The largest absolute Gasteiger partial charge is 0.481 e. The van der Waals surface area contributed by atoms with Gasteiger partial charge < -0.3 is 15.7 Å². The zero-order chi connectivity index (χ0) is 14.7. The summed E-state index contributed by atoms with van der Waals surface area (Å²) >= 11 is 0. The first-order valence-corrected chi connectivity index (χ1v) is 6.88. The molecule has 1 aliphatic rings. The van der Waals surface area contributed by atoms with Crippen LogP contribution in [0.2, 0.25) is 0 Å². The van der Waals surface area contributed by atoms with Gasteiger partial charge in [0.1, 0.15) is 0 Å². The minimum atomic E-state index is -0.831. The fourth-order valence-corrected chi connectivity index (χ4v) is 2.81. The number of carbonyl (C=O) groups is 2. The third-order valence-electron chi connectivity index (χ3n) is 3.99. The molecular weight excluding hydrogens is 256 g/mol. The van der Waals surface area contributed by atoms with Crippen LogP contribution in [-0.2, 0) is 11.2 Å². The number of carboxylic acid groups (broad SMARTS) is 1. The van der Waals surface area contributed by atoms with Gasteiger partial charge in [-0.25, -0.2) is 0 Å². The van der Waals surface area contributed by atoms with Crippen molar-refractivity contribution in [1.29, 1.82) is 0 Å². The lowest BCUT2D eigenvalue weighted by Crippen LogP contribution is -2.38. The summed E-state index contributed by atoms with van der Waals surface area (Å²) in [5, 5.41) is 9.14. The second kappa shape index (κ2) is 6.05. The van der Waals surface area contributed by atoms with E-state index in [-0.39, 0.29) is 11.9 Å². The van der Waals surface area contributed by atoms with E-state index in [1.165, 1.54) is 0 Å². The average molecular weight is 276 g/mol. The van der Waals surface area contributed by atoms with Gasteiger partial charge in [-0.3, -0.25) is 9.59 Å². The molecule has 1 saturated heterocycles. The van der Waals surface area contributed by atoms with Crippen molar-refractivity contribution in [2.75, 3.05) is 13.1 Å². The summed E-state index contributed by atoms with van der Waals surface area (Å²) in [7, 11) is 0. The average Bonchev–Trinajstić information content (AvgIpc) is 2.81. The number of amides is 1. The number of carboxylic acids is 1. The highest BCUT2D eigenvalue weighted by atomic mass is 16.4. The van der Waals surface area contributed by atoms with Gasteiger partial charge in [0.05, 0.1) is 5.92 Å². The van der Waals surface area contributed by atoms with Crippen molar-refractivity contribution in [2.45, 2.75) is 25.8 Å². The van der Waals surface area contributed by atoms with E-state index in [9.17, 15) is 9.59 Å². The Bertz CT molecular complexity index is 516. The fraction of sp³-hybridized carbons (Fsp3) is 0.467. The first-order chi connectivity index (χ1) is 9.56. The molecule has 0 spiro atoms. The van der Waals surface area contributed by atoms with Crippen LogP contribution in [0.25, 0.3) is 0 Å². The van der Waals surface area contributed by atoms with Gasteiger partial charge >= 0.3 is 5.97 Å². The maximum atomic E-state index is 12.6. The first kappa shape index (κ1) is 14.5. The Morgan fingerprint density at radius 2 is 2.10 bits per heavy atom. The van der Waals surface area contributed by atoms with Crippen LogP contribution in [-0.4, -0.2) is 41.0 Å². The Morgan fingerprint density at radius 3 is 2.70 bits per heavy atom.